The monoisotopic (exact) mass is 803 g/mol. The molecule has 0 aliphatic rings. The zero-order valence-corrected chi connectivity index (χ0v) is 34.1. The largest absolute Gasteiger partial charge is 0.455 e. The van der Waals surface area contributed by atoms with Crippen LogP contribution in [0.4, 0.5) is 0 Å². The smallest absolute Gasteiger partial charge is 0.164 e. The van der Waals surface area contributed by atoms with Crippen molar-refractivity contribution in [3.8, 4) is 78.7 Å². The van der Waals surface area contributed by atoms with Gasteiger partial charge in [0, 0.05) is 33.0 Å². The standard InChI is InChI=1S/C59H37N3O/c1-3-11-38(12-4-1)40-21-23-42(24-22-40)43-27-32-46(33-28-43)57-60-58(48-35-36-50-47(37-48)34-31-44-15-7-8-16-49(44)50)62-59(61-57)53-19-10-20-54-55(53)52-18-9-17-51(56(52)63-54)45-29-25-41(26-30-45)39-13-5-2-6-14-39/h1-37H. The number of hydrogen-bond donors (Lipinski definition) is 0. The highest BCUT2D eigenvalue weighted by molar-refractivity contribution is 6.15. The molecule has 0 N–H and O–H groups in total. The van der Waals surface area contributed by atoms with E-state index in [1.807, 2.05) is 24.3 Å². The predicted molar refractivity (Wildman–Crippen MR) is 260 cm³/mol. The number of para-hydroxylation sites is 1. The van der Waals surface area contributed by atoms with Crippen LogP contribution < -0.4 is 0 Å². The fourth-order valence-electron chi connectivity index (χ4n) is 8.94. The maximum atomic E-state index is 6.74. The van der Waals surface area contributed by atoms with Gasteiger partial charge in [0.2, 0.25) is 0 Å². The molecule has 12 aromatic rings. The number of hydrogen-bond acceptors (Lipinski definition) is 4. The number of nitrogens with zero attached hydrogens (tertiary/aromatic N) is 3. The molecular weight excluding hydrogens is 767 g/mol. The topological polar surface area (TPSA) is 51.8 Å². The van der Waals surface area contributed by atoms with Crippen molar-refractivity contribution in [3.05, 3.63) is 224 Å². The van der Waals surface area contributed by atoms with Crippen molar-refractivity contribution >= 4 is 43.5 Å². The van der Waals surface area contributed by atoms with E-state index >= 15 is 0 Å². The Morgan fingerprint density at radius 3 is 1.40 bits per heavy atom. The van der Waals surface area contributed by atoms with Crippen molar-refractivity contribution in [3.63, 3.8) is 0 Å². The SMILES string of the molecule is c1ccc(-c2ccc(-c3ccc(-c4nc(-c5ccc6c(ccc7ccccc76)c5)nc(-c5cccc6oc7c(-c8ccc(-c9ccccc9)cc8)cccc7c56)n4)cc3)cc2)cc1. The molecule has 0 unspecified atom stereocenters. The van der Waals surface area contributed by atoms with Crippen LogP contribution >= 0.6 is 0 Å². The highest BCUT2D eigenvalue weighted by Gasteiger charge is 2.20. The summed E-state index contributed by atoms with van der Waals surface area (Å²) in [4.78, 5) is 15.7. The summed E-state index contributed by atoms with van der Waals surface area (Å²) in [6.07, 6.45) is 0. The van der Waals surface area contributed by atoms with Crippen LogP contribution in [0.3, 0.4) is 0 Å². The molecule has 4 nitrogen and oxygen atoms in total. The molecule has 0 saturated heterocycles. The lowest BCUT2D eigenvalue weighted by atomic mass is 9.98. The fraction of sp³-hybridized carbons (Fsp3) is 0. The lowest BCUT2D eigenvalue weighted by Crippen LogP contribution is -2.00. The Morgan fingerprint density at radius 2 is 0.730 bits per heavy atom. The highest BCUT2D eigenvalue weighted by Crippen LogP contribution is 2.41. The zero-order chi connectivity index (χ0) is 41.7. The van der Waals surface area contributed by atoms with Crippen LogP contribution in [0.5, 0.6) is 0 Å². The summed E-state index contributed by atoms with van der Waals surface area (Å²) in [6, 6.07) is 78.8. The minimum Gasteiger partial charge on any atom is -0.455 e. The minimum absolute atomic E-state index is 0.583. The first-order chi connectivity index (χ1) is 31.2. The Labute approximate surface area is 364 Å². The molecule has 0 amide bonds. The van der Waals surface area contributed by atoms with E-state index in [1.165, 1.54) is 38.4 Å². The Morgan fingerprint density at radius 1 is 0.270 bits per heavy atom. The van der Waals surface area contributed by atoms with Gasteiger partial charge in [-0.1, -0.05) is 212 Å². The van der Waals surface area contributed by atoms with Gasteiger partial charge in [-0.25, -0.2) is 15.0 Å². The van der Waals surface area contributed by atoms with E-state index in [0.29, 0.717) is 17.5 Å². The van der Waals surface area contributed by atoms with Crippen LogP contribution in [-0.2, 0) is 0 Å². The van der Waals surface area contributed by atoms with Crippen LogP contribution in [0, 0.1) is 0 Å². The molecule has 2 heterocycles. The van der Waals surface area contributed by atoms with Gasteiger partial charge in [0.15, 0.2) is 17.5 Å². The third-order valence-corrected chi connectivity index (χ3v) is 12.2. The van der Waals surface area contributed by atoms with E-state index in [4.69, 9.17) is 19.4 Å². The van der Waals surface area contributed by atoms with Gasteiger partial charge in [-0.05, 0) is 72.6 Å². The molecular formula is C59H37N3O. The molecule has 0 fully saturated rings. The maximum absolute atomic E-state index is 6.74. The summed E-state index contributed by atoms with van der Waals surface area (Å²) in [5, 5.41) is 6.74. The summed E-state index contributed by atoms with van der Waals surface area (Å²) >= 11 is 0. The summed E-state index contributed by atoms with van der Waals surface area (Å²) in [5.74, 6) is 1.79. The van der Waals surface area contributed by atoms with Gasteiger partial charge >= 0.3 is 0 Å². The van der Waals surface area contributed by atoms with Crippen molar-refractivity contribution in [2.75, 3.05) is 0 Å². The summed E-state index contributed by atoms with van der Waals surface area (Å²) in [5.41, 5.74) is 13.5. The average Bonchev–Trinajstić information content (AvgIpc) is 3.76. The van der Waals surface area contributed by atoms with Gasteiger partial charge in [0.05, 0.1) is 0 Å². The second-order valence-corrected chi connectivity index (χ2v) is 16.0. The number of benzene rings is 10. The zero-order valence-electron chi connectivity index (χ0n) is 34.1. The van der Waals surface area contributed by atoms with Gasteiger partial charge in [0.25, 0.3) is 0 Å². The second-order valence-electron chi connectivity index (χ2n) is 16.0. The molecule has 0 saturated carbocycles. The van der Waals surface area contributed by atoms with Crippen molar-refractivity contribution in [1.29, 1.82) is 0 Å². The molecule has 0 aliphatic carbocycles. The van der Waals surface area contributed by atoms with Crippen LogP contribution in [-0.4, -0.2) is 15.0 Å². The first-order valence-electron chi connectivity index (χ1n) is 21.2. The van der Waals surface area contributed by atoms with E-state index in [1.54, 1.807) is 0 Å². The van der Waals surface area contributed by atoms with E-state index in [0.717, 1.165) is 66.3 Å². The molecule has 10 aromatic carbocycles. The van der Waals surface area contributed by atoms with Crippen molar-refractivity contribution < 1.29 is 4.42 Å². The van der Waals surface area contributed by atoms with Crippen molar-refractivity contribution in [2.45, 2.75) is 0 Å². The van der Waals surface area contributed by atoms with E-state index in [2.05, 4.69) is 200 Å². The Kier molecular flexibility index (Phi) is 8.79. The third-order valence-electron chi connectivity index (χ3n) is 12.2. The molecule has 0 atom stereocenters. The molecule has 0 spiro atoms. The molecule has 0 aliphatic heterocycles. The van der Waals surface area contributed by atoms with Gasteiger partial charge < -0.3 is 4.42 Å². The maximum Gasteiger partial charge on any atom is 0.164 e. The number of furan rings is 1. The van der Waals surface area contributed by atoms with E-state index in [9.17, 15) is 0 Å². The first kappa shape index (κ1) is 36.4. The Balaban J connectivity index is 0.979. The molecule has 0 radical (unpaired) electrons. The van der Waals surface area contributed by atoms with Crippen LogP contribution in [0.15, 0.2) is 229 Å². The van der Waals surface area contributed by atoms with E-state index in [-0.39, 0.29) is 0 Å². The van der Waals surface area contributed by atoms with E-state index < -0.39 is 0 Å². The third kappa shape index (κ3) is 6.62. The summed E-state index contributed by atoms with van der Waals surface area (Å²) in [6.45, 7) is 0. The second kappa shape index (κ2) is 15.2. The molecule has 12 rings (SSSR count). The average molecular weight is 804 g/mol. The minimum atomic E-state index is 0.583. The number of rotatable bonds is 7. The lowest BCUT2D eigenvalue weighted by molar-refractivity contribution is 0.670. The predicted octanol–water partition coefficient (Wildman–Crippen LogP) is 15.7. The number of aromatic nitrogens is 3. The Bertz CT molecular complexity index is 3630. The molecule has 294 valence electrons. The lowest BCUT2D eigenvalue weighted by Gasteiger charge is -2.11. The van der Waals surface area contributed by atoms with Crippen LogP contribution in [0.2, 0.25) is 0 Å². The van der Waals surface area contributed by atoms with Crippen LogP contribution in [0.25, 0.3) is 122 Å². The molecule has 2 aromatic heterocycles. The quantitative estimate of drug-likeness (QED) is 0.151. The summed E-state index contributed by atoms with van der Waals surface area (Å²) in [7, 11) is 0. The molecule has 0 bridgehead atoms. The Hall–Kier alpha value is -8.47. The van der Waals surface area contributed by atoms with Gasteiger partial charge in [-0.15, -0.1) is 0 Å². The first-order valence-corrected chi connectivity index (χ1v) is 21.2. The fourth-order valence-corrected chi connectivity index (χ4v) is 8.94. The number of fused-ring (bicyclic) bond motifs is 6. The highest BCUT2D eigenvalue weighted by atomic mass is 16.3. The molecule has 4 heteroatoms. The van der Waals surface area contributed by atoms with Gasteiger partial charge in [-0.3, -0.25) is 0 Å². The normalized spacial score (nSPS) is 11.5. The molecule has 63 heavy (non-hydrogen) atoms. The van der Waals surface area contributed by atoms with Gasteiger partial charge in [0.1, 0.15) is 11.2 Å². The van der Waals surface area contributed by atoms with Crippen molar-refractivity contribution in [1.82, 2.24) is 15.0 Å². The van der Waals surface area contributed by atoms with Crippen molar-refractivity contribution in [2.24, 2.45) is 0 Å². The summed E-state index contributed by atoms with van der Waals surface area (Å²) < 4.78 is 6.74. The van der Waals surface area contributed by atoms with Gasteiger partial charge in [-0.2, -0.15) is 0 Å². The van der Waals surface area contributed by atoms with Crippen LogP contribution in [0.1, 0.15) is 0 Å².